The van der Waals surface area contributed by atoms with Crippen LogP contribution >= 0.6 is 11.8 Å². The van der Waals surface area contributed by atoms with E-state index in [0.29, 0.717) is 10.7 Å². The lowest BCUT2D eigenvalue weighted by Gasteiger charge is -2.14. The number of hydrogen-bond donors (Lipinski definition) is 3. The molecule has 2 heterocycles. The topological polar surface area (TPSA) is 100 Å². The molecule has 0 fully saturated rings. The Labute approximate surface area is 160 Å². The first kappa shape index (κ1) is 17.4. The molecule has 0 aliphatic heterocycles. The highest BCUT2D eigenvalue weighted by Gasteiger charge is 2.27. The number of anilines is 1. The highest BCUT2D eigenvalue weighted by atomic mass is 32.2. The summed E-state index contributed by atoms with van der Waals surface area (Å²) in [7, 11) is 0. The smallest absolute Gasteiger partial charge is 0.216 e. The zero-order valence-electron chi connectivity index (χ0n) is 14.8. The molecule has 0 bridgehead atoms. The van der Waals surface area contributed by atoms with Gasteiger partial charge >= 0.3 is 0 Å². The van der Waals surface area contributed by atoms with Gasteiger partial charge in [-0.15, -0.1) is 5.10 Å². The van der Waals surface area contributed by atoms with Gasteiger partial charge in [0.2, 0.25) is 11.1 Å². The minimum Gasteiger partial charge on any atom is -0.368 e. The number of nitrogens with zero attached hydrogens (tertiary/aromatic N) is 2. The number of para-hydroxylation sites is 1. The number of hydrogen-bond acceptors (Lipinski definition) is 5. The Bertz CT molecular complexity index is 1090. The average Bonchev–Trinajstić information content (AvgIpc) is 3.32. The van der Waals surface area contributed by atoms with Crippen molar-refractivity contribution in [3.63, 3.8) is 0 Å². The Morgan fingerprint density at radius 1 is 1.19 bits per heavy atom. The number of carbonyl (C=O) groups excluding carboxylic acids is 1. The van der Waals surface area contributed by atoms with Crippen molar-refractivity contribution in [1.82, 2.24) is 20.2 Å². The molecule has 2 aromatic heterocycles. The molecule has 1 atom stereocenters. The maximum atomic E-state index is 13.5. The number of fused-ring (bicyclic) bond motifs is 1. The number of H-pyrrole nitrogens is 2. The molecule has 0 saturated carbocycles. The van der Waals surface area contributed by atoms with Gasteiger partial charge in [0.1, 0.15) is 5.25 Å². The molecule has 0 aliphatic carbocycles. The van der Waals surface area contributed by atoms with Crippen molar-refractivity contribution in [2.45, 2.75) is 23.8 Å². The molecule has 4 rings (SSSR count). The summed E-state index contributed by atoms with van der Waals surface area (Å²) < 4.78 is 0. The second kappa shape index (κ2) is 7.28. The molecule has 0 radical (unpaired) electrons. The van der Waals surface area contributed by atoms with Crippen molar-refractivity contribution >= 4 is 34.4 Å². The molecular formula is C20H19N5OS. The highest BCUT2D eigenvalue weighted by molar-refractivity contribution is 8.00. The Hall–Kier alpha value is -3.06. The zero-order chi connectivity index (χ0) is 18.8. The summed E-state index contributed by atoms with van der Waals surface area (Å²) in [6.07, 6.45) is 2.70. The number of ketones is 1. The normalized spacial score (nSPS) is 12.3. The third-order valence-corrected chi connectivity index (χ3v) is 5.61. The van der Waals surface area contributed by atoms with Gasteiger partial charge in [-0.3, -0.25) is 4.79 Å². The molecule has 7 heteroatoms. The predicted molar refractivity (Wildman–Crippen MR) is 108 cm³/mol. The standard InChI is InChI=1S/C20H19N5OS/c1-2-12-9-6-10-14-15(11-22-16(12)14)17(26)18(13-7-4-3-5-8-13)27-20-23-19(21)24-25-20/h3-11,18,22H,2H2,1H3,(H3,21,23,24,25)/t18-/m0/s1. The Kier molecular flexibility index (Phi) is 4.68. The second-order valence-corrected chi connectivity index (χ2v) is 7.24. The van der Waals surface area contributed by atoms with Crippen LogP contribution < -0.4 is 5.73 Å². The number of thioether (sulfide) groups is 1. The SMILES string of the molecule is CCc1cccc2c(C(=O)[C@@H](Sc3n[nH]c(N)n3)c3ccccc3)c[nH]c12. The van der Waals surface area contributed by atoms with Crippen molar-refractivity contribution < 1.29 is 4.79 Å². The predicted octanol–water partition coefficient (Wildman–Crippen LogP) is 4.15. The number of rotatable bonds is 6. The van der Waals surface area contributed by atoms with E-state index in [0.717, 1.165) is 22.9 Å². The van der Waals surface area contributed by atoms with Gasteiger partial charge in [-0.2, -0.15) is 4.98 Å². The first-order valence-corrected chi connectivity index (χ1v) is 9.58. The van der Waals surface area contributed by atoms with Crippen LogP contribution in [0.1, 0.15) is 33.7 Å². The summed E-state index contributed by atoms with van der Waals surface area (Å²) in [4.78, 5) is 20.9. The first-order chi connectivity index (χ1) is 13.2. The number of aryl methyl sites for hydroxylation is 1. The van der Waals surface area contributed by atoms with Crippen molar-refractivity contribution in [2.75, 3.05) is 5.73 Å². The molecule has 0 unspecified atom stereocenters. The molecule has 4 N–H and O–H groups in total. The number of carbonyl (C=O) groups is 1. The van der Waals surface area contributed by atoms with Gasteiger partial charge in [-0.25, -0.2) is 5.10 Å². The molecular weight excluding hydrogens is 358 g/mol. The number of nitrogens with two attached hydrogens (primary N) is 1. The van der Waals surface area contributed by atoms with E-state index in [1.54, 1.807) is 6.20 Å². The van der Waals surface area contributed by atoms with E-state index >= 15 is 0 Å². The van der Waals surface area contributed by atoms with Crippen LogP contribution in [0, 0.1) is 0 Å². The van der Waals surface area contributed by atoms with Crippen molar-refractivity contribution in [3.8, 4) is 0 Å². The monoisotopic (exact) mass is 377 g/mol. The zero-order valence-corrected chi connectivity index (χ0v) is 15.6. The van der Waals surface area contributed by atoms with Crippen LogP contribution in [0.25, 0.3) is 10.9 Å². The maximum Gasteiger partial charge on any atom is 0.216 e. The number of nitrogen functional groups attached to an aromatic ring is 1. The largest absolute Gasteiger partial charge is 0.368 e. The van der Waals surface area contributed by atoms with Gasteiger partial charge in [0, 0.05) is 22.7 Å². The van der Waals surface area contributed by atoms with Crippen LogP contribution in [0.5, 0.6) is 0 Å². The number of Topliss-reactive ketones (excluding diaryl/α,β-unsaturated/α-hetero) is 1. The second-order valence-electron chi connectivity index (χ2n) is 6.17. The first-order valence-electron chi connectivity index (χ1n) is 8.70. The van der Waals surface area contributed by atoms with Gasteiger partial charge in [0.05, 0.1) is 0 Å². The fraction of sp³-hybridized carbons (Fsp3) is 0.150. The van der Waals surface area contributed by atoms with E-state index in [1.165, 1.54) is 17.3 Å². The van der Waals surface area contributed by atoms with Gasteiger partial charge in [-0.05, 0) is 17.5 Å². The van der Waals surface area contributed by atoms with Gasteiger partial charge in [-0.1, -0.05) is 67.2 Å². The lowest BCUT2D eigenvalue weighted by Crippen LogP contribution is -2.10. The number of nitrogens with one attached hydrogen (secondary N) is 2. The number of benzene rings is 2. The van der Waals surface area contributed by atoms with Crippen LogP contribution in [0.2, 0.25) is 0 Å². The number of aromatic amines is 2. The van der Waals surface area contributed by atoms with E-state index in [-0.39, 0.29) is 11.7 Å². The van der Waals surface area contributed by atoms with Crippen LogP contribution in [0.15, 0.2) is 59.9 Å². The minimum atomic E-state index is -0.467. The Morgan fingerprint density at radius 2 is 2.00 bits per heavy atom. The van der Waals surface area contributed by atoms with Gasteiger partial charge < -0.3 is 10.7 Å². The van der Waals surface area contributed by atoms with Crippen LogP contribution in [-0.2, 0) is 6.42 Å². The lowest BCUT2D eigenvalue weighted by molar-refractivity contribution is 0.0991. The molecule has 27 heavy (non-hydrogen) atoms. The van der Waals surface area contributed by atoms with Crippen LogP contribution in [-0.4, -0.2) is 25.9 Å². The molecule has 0 spiro atoms. The van der Waals surface area contributed by atoms with E-state index in [2.05, 4.69) is 33.2 Å². The molecule has 4 aromatic rings. The molecule has 6 nitrogen and oxygen atoms in total. The summed E-state index contributed by atoms with van der Waals surface area (Å²) in [6, 6.07) is 15.7. The van der Waals surface area contributed by atoms with E-state index in [4.69, 9.17) is 5.73 Å². The molecule has 0 aliphatic rings. The summed E-state index contributed by atoms with van der Waals surface area (Å²) >= 11 is 1.29. The summed E-state index contributed by atoms with van der Waals surface area (Å²) in [5, 5.41) is 7.62. The molecule has 0 amide bonds. The lowest BCUT2D eigenvalue weighted by atomic mass is 10.0. The van der Waals surface area contributed by atoms with Crippen molar-refractivity contribution in [3.05, 3.63) is 71.4 Å². The fourth-order valence-corrected chi connectivity index (χ4v) is 4.16. The van der Waals surface area contributed by atoms with Crippen LogP contribution in [0.3, 0.4) is 0 Å². The molecule has 136 valence electrons. The maximum absolute atomic E-state index is 13.5. The molecule has 0 saturated heterocycles. The van der Waals surface area contributed by atoms with Gasteiger partial charge in [0.15, 0.2) is 5.78 Å². The van der Waals surface area contributed by atoms with Crippen molar-refractivity contribution in [1.29, 1.82) is 0 Å². The third-order valence-electron chi connectivity index (χ3n) is 4.49. The average molecular weight is 377 g/mol. The quantitative estimate of drug-likeness (QED) is 0.346. The molecule has 2 aromatic carbocycles. The highest BCUT2D eigenvalue weighted by Crippen LogP contribution is 2.38. The number of aromatic nitrogens is 4. The van der Waals surface area contributed by atoms with Crippen LogP contribution in [0.4, 0.5) is 5.95 Å². The summed E-state index contributed by atoms with van der Waals surface area (Å²) in [6.45, 7) is 2.10. The van der Waals surface area contributed by atoms with E-state index < -0.39 is 5.25 Å². The van der Waals surface area contributed by atoms with Gasteiger partial charge in [0.25, 0.3) is 0 Å². The van der Waals surface area contributed by atoms with Crippen molar-refractivity contribution in [2.24, 2.45) is 0 Å². The fourth-order valence-electron chi connectivity index (χ4n) is 3.17. The Balaban J connectivity index is 1.77. The van der Waals surface area contributed by atoms with E-state index in [9.17, 15) is 4.79 Å². The van der Waals surface area contributed by atoms with E-state index in [1.807, 2.05) is 42.5 Å². The Morgan fingerprint density at radius 3 is 2.70 bits per heavy atom. The minimum absolute atomic E-state index is 0.00840. The third kappa shape index (κ3) is 3.33. The summed E-state index contributed by atoms with van der Waals surface area (Å²) in [5.41, 5.74) is 9.42. The summed E-state index contributed by atoms with van der Waals surface area (Å²) in [5.74, 6) is 0.241.